The maximum absolute atomic E-state index is 11.7. The number of carbonyl (C=O) groups excluding carboxylic acids is 1. The Balaban J connectivity index is 1.84. The first-order valence-electron chi connectivity index (χ1n) is 7.98. The Kier molecular flexibility index (Phi) is 5.48. The molecular formula is C18H18ClN5O2. The van der Waals surface area contributed by atoms with E-state index in [0.717, 1.165) is 22.6 Å². The van der Waals surface area contributed by atoms with E-state index in [1.807, 2.05) is 31.3 Å². The van der Waals surface area contributed by atoms with Crippen LogP contribution in [0.4, 0.5) is 5.69 Å². The van der Waals surface area contributed by atoms with Gasteiger partial charge in [-0.2, -0.15) is 5.10 Å². The second-order valence-electron chi connectivity index (χ2n) is 5.68. The zero-order valence-electron chi connectivity index (χ0n) is 14.4. The van der Waals surface area contributed by atoms with Gasteiger partial charge in [0.2, 0.25) is 0 Å². The number of halogens is 1. The van der Waals surface area contributed by atoms with Gasteiger partial charge in [-0.15, -0.1) is 0 Å². The number of esters is 1. The smallest absolute Gasteiger partial charge is 0.311 e. The molecule has 0 amide bonds. The molecule has 3 rings (SSSR count). The largest absolute Gasteiger partial charge is 0.469 e. The maximum atomic E-state index is 11.7. The molecule has 1 N–H and O–H groups in total. The SMILES string of the molecule is COC(=O)Cc1nn(-c2ccc(Cl)nc2)cc1CNc1ccc(C)nc1. The number of anilines is 1. The molecule has 0 atom stereocenters. The van der Waals surface area contributed by atoms with E-state index in [2.05, 4.69) is 20.4 Å². The Morgan fingerprint density at radius 2 is 2.08 bits per heavy atom. The average molecular weight is 372 g/mol. The third-order valence-corrected chi connectivity index (χ3v) is 4.01. The van der Waals surface area contributed by atoms with Crippen LogP contribution in [-0.2, 0) is 22.5 Å². The normalized spacial score (nSPS) is 10.6. The molecule has 0 aliphatic heterocycles. The highest BCUT2D eigenvalue weighted by Crippen LogP contribution is 2.16. The van der Waals surface area contributed by atoms with Crippen LogP contribution in [-0.4, -0.2) is 32.8 Å². The maximum Gasteiger partial charge on any atom is 0.311 e. The quantitative estimate of drug-likeness (QED) is 0.530. The Hall–Kier alpha value is -2.93. The minimum absolute atomic E-state index is 0.0910. The van der Waals surface area contributed by atoms with Crippen LogP contribution < -0.4 is 5.32 Å². The highest BCUT2D eigenvalue weighted by atomic mass is 35.5. The molecular weight excluding hydrogens is 354 g/mol. The summed E-state index contributed by atoms with van der Waals surface area (Å²) in [4.78, 5) is 20.0. The van der Waals surface area contributed by atoms with Crippen molar-refractivity contribution in [2.75, 3.05) is 12.4 Å². The summed E-state index contributed by atoms with van der Waals surface area (Å²) >= 11 is 5.83. The van der Waals surface area contributed by atoms with Crippen LogP contribution in [0.5, 0.6) is 0 Å². The van der Waals surface area contributed by atoms with E-state index in [9.17, 15) is 4.79 Å². The first-order valence-corrected chi connectivity index (χ1v) is 8.35. The summed E-state index contributed by atoms with van der Waals surface area (Å²) in [6.45, 7) is 2.43. The van der Waals surface area contributed by atoms with Crippen molar-refractivity contribution >= 4 is 23.3 Å². The fourth-order valence-electron chi connectivity index (χ4n) is 2.36. The third-order valence-electron chi connectivity index (χ3n) is 3.79. The van der Waals surface area contributed by atoms with Gasteiger partial charge in [-0.25, -0.2) is 9.67 Å². The molecule has 0 unspecified atom stereocenters. The predicted octanol–water partition coefficient (Wildman–Crippen LogP) is 2.95. The van der Waals surface area contributed by atoms with Crippen molar-refractivity contribution in [3.8, 4) is 5.69 Å². The minimum Gasteiger partial charge on any atom is -0.469 e. The molecule has 3 aromatic rings. The number of methoxy groups -OCH3 is 1. The van der Waals surface area contributed by atoms with Crippen molar-refractivity contribution < 1.29 is 9.53 Å². The molecule has 0 aliphatic rings. The van der Waals surface area contributed by atoms with Crippen molar-refractivity contribution in [3.63, 3.8) is 0 Å². The van der Waals surface area contributed by atoms with Gasteiger partial charge in [-0.3, -0.25) is 9.78 Å². The molecule has 3 heterocycles. The number of carbonyl (C=O) groups is 1. The van der Waals surface area contributed by atoms with Crippen LogP contribution >= 0.6 is 11.6 Å². The lowest BCUT2D eigenvalue weighted by Crippen LogP contribution is -2.09. The Morgan fingerprint density at radius 1 is 1.23 bits per heavy atom. The van der Waals surface area contributed by atoms with Crippen LogP contribution in [0.2, 0.25) is 5.15 Å². The number of hydrogen-bond donors (Lipinski definition) is 1. The summed E-state index contributed by atoms with van der Waals surface area (Å²) in [7, 11) is 1.36. The fraction of sp³-hybridized carbons (Fsp3) is 0.222. The van der Waals surface area contributed by atoms with E-state index in [1.54, 1.807) is 23.1 Å². The highest BCUT2D eigenvalue weighted by Gasteiger charge is 2.14. The van der Waals surface area contributed by atoms with E-state index >= 15 is 0 Å². The first-order chi connectivity index (χ1) is 12.5. The van der Waals surface area contributed by atoms with Gasteiger partial charge in [0.05, 0.1) is 43.0 Å². The molecule has 0 saturated carbocycles. The Labute approximate surface area is 156 Å². The molecule has 8 heteroatoms. The number of pyridine rings is 2. The number of aromatic nitrogens is 4. The summed E-state index contributed by atoms with van der Waals surface area (Å²) in [6.07, 6.45) is 5.34. The predicted molar refractivity (Wildman–Crippen MR) is 98.4 cm³/mol. The van der Waals surface area contributed by atoms with Crippen LogP contribution in [0, 0.1) is 6.92 Å². The van der Waals surface area contributed by atoms with Gasteiger partial charge in [0, 0.05) is 24.0 Å². The topological polar surface area (TPSA) is 81.9 Å². The van der Waals surface area contributed by atoms with Crippen LogP contribution in [0.1, 0.15) is 17.0 Å². The van der Waals surface area contributed by atoms with E-state index in [4.69, 9.17) is 16.3 Å². The molecule has 0 spiro atoms. The Morgan fingerprint density at radius 3 is 2.73 bits per heavy atom. The van der Waals surface area contributed by atoms with Gasteiger partial charge in [0.1, 0.15) is 5.15 Å². The van der Waals surface area contributed by atoms with Crippen LogP contribution in [0.15, 0.2) is 42.9 Å². The summed E-state index contributed by atoms with van der Waals surface area (Å²) in [5, 5.41) is 8.20. The van der Waals surface area contributed by atoms with E-state index < -0.39 is 0 Å². The van der Waals surface area contributed by atoms with Gasteiger partial charge in [-0.05, 0) is 31.2 Å². The minimum atomic E-state index is -0.345. The second kappa shape index (κ2) is 7.97. The van der Waals surface area contributed by atoms with Gasteiger partial charge >= 0.3 is 5.97 Å². The first kappa shape index (κ1) is 17.9. The molecule has 134 valence electrons. The highest BCUT2D eigenvalue weighted by molar-refractivity contribution is 6.29. The third kappa shape index (κ3) is 4.37. The number of nitrogens with one attached hydrogen (secondary N) is 1. The summed E-state index contributed by atoms with van der Waals surface area (Å²) in [5.74, 6) is -0.345. The van der Waals surface area contributed by atoms with Crippen molar-refractivity contribution in [2.45, 2.75) is 19.9 Å². The monoisotopic (exact) mass is 371 g/mol. The van der Waals surface area contributed by atoms with E-state index in [-0.39, 0.29) is 12.4 Å². The molecule has 0 aromatic carbocycles. The van der Waals surface area contributed by atoms with Gasteiger partial charge < -0.3 is 10.1 Å². The van der Waals surface area contributed by atoms with Crippen LogP contribution in [0.3, 0.4) is 0 Å². The number of aryl methyl sites for hydroxylation is 1. The molecule has 26 heavy (non-hydrogen) atoms. The standard InChI is InChI=1S/C18H18ClN5O2/c1-12-3-4-14(9-20-12)21-8-13-11-24(15-5-6-17(19)22-10-15)23-16(13)7-18(25)26-2/h3-6,9-11,21H,7-8H2,1-2H3. The summed E-state index contributed by atoms with van der Waals surface area (Å²) < 4.78 is 6.44. The molecule has 7 nitrogen and oxygen atoms in total. The van der Waals surface area contributed by atoms with Crippen molar-refractivity contribution in [1.82, 2.24) is 19.7 Å². The zero-order chi connectivity index (χ0) is 18.5. The lowest BCUT2D eigenvalue weighted by molar-refractivity contribution is -0.139. The summed E-state index contributed by atoms with van der Waals surface area (Å²) in [5.41, 5.74) is 4.11. The van der Waals surface area contributed by atoms with Crippen molar-refractivity contribution in [2.24, 2.45) is 0 Å². The van der Waals surface area contributed by atoms with Gasteiger partial charge in [0.25, 0.3) is 0 Å². The van der Waals surface area contributed by atoms with E-state index in [0.29, 0.717) is 17.4 Å². The number of ether oxygens (including phenoxy) is 1. The molecule has 0 fully saturated rings. The zero-order valence-corrected chi connectivity index (χ0v) is 15.2. The van der Waals surface area contributed by atoms with Crippen molar-refractivity contribution in [1.29, 1.82) is 0 Å². The number of nitrogens with zero attached hydrogens (tertiary/aromatic N) is 4. The van der Waals surface area contributed by atoms with Gasteiger partial charge in [-0.1, -0.05) is 11.6 Å². The molecule has 0 bridgehead atoms. The molecule has 0 radical (unpaired) electrons. The lowest BCUT2D eigenvalue weighted by atomic mass is 10.2. The number of hydrogen-bond acceptors (Lipinski definition) is 6. The molecule has 0 aliphatic carbocycles. The average Bonchev–Trinajstić information content (AvgIpc) is 3.04. The van der Waals surface area contributed by atoms with Crippen molar-refractivity contribution in [3.05, 3.63) is 65.0 Å². The van der Waals surface area contributed by atoms with Crippen LogP contribution in [0.25, 0.3) is 5.69 Å². The molecule has 0 saturated heterocycles. The Bertz CT molecular complexity index is 891. The van der Waals surface area contributed by atoms with Gasteiger partial charge in [0.15, 0.2) is 0 Å². The molecule has 3 aromatic heterocycles. The second-order valence-corrected chi connectivity index (χ2v) is 6.07. The number of rotatable bonds is 6. The lowest BCUT2D eigenvalue weighted by Gasteiger charge is -2.06. The fourth-order valence-corrected chi connectivity index (χ4v) is 2.47. The van der Waals surface area contributed by atoms with E-state index in [1.165, 1.54) is 7.11 Å². The summed E-state index contributed by atoms with van der Waals surface area (Å²) in [6, 6.07) is 7.39.